The van der Waals surface area contributed by atoms with Crippen LogP contribution in [-0.4, -0.2) is 36.2 Å². The summed E-state index contributed by atoms with van der Waals surface area (Å²) in [6.45, 7) is 9.09. The van der Waals surface area contributed by atoms with Crippen molar-refractivity contribution < 1.29 is 19.1 Å². The maximum atomic E-state index is 11.9. The van der Waals surface area contributed by atoms with Crippen LogP contribution in [0.1, 0.15) is 60.3 Å². The van der Waals surface area contributed by atoms with Crippen LogP contribution < -0.4 is 5.32 Å². The highest BCUT2D eigenvalue weighted by Gasteiger charge is 2.27. The second-order valence-corrected chi connectivity index (χ2v) is 6.12. The molecule has 0 fully saturated rings. The molecule has 0 aromatic carbocycles. The van der Waals surface area contributed by atoms with Gasteiger partial charge in [0.15, 0.2) is 5.78 Å². The van der Waals surface area contributed by atoms with E-state index in [0.717, 1.165) is 19.3 Å². The third kappa shape index (κ3) is 9.34. The van der Waals surface area contributed by atoms with Crippen molar-refractivity contribution in [3.05, 3.63) is 0 Å². The first-order chi connectivity index (χ1) is 9.66. The first-order valence-electron chi connectivity index (χ1n) is 7.61. The summed E-state index contributed by atoms with van der Waals surface area (Å²) in [7, 11) is 0. The molecule has 0 bridgehead atoms. The number of ether oxygens (including phenoxy) is 1. The van der Waals surface area contributed by atoms with Gasteiger partial charge in [-0.1, -0.05) is 20.3 Å². The summed E-state index contributed by atoms with van der Waals surface area (Å²) in [5, 5.41) is 2.48. The summed E-state index contributed by atoms with van der Waals surface area (Å²) in [5.74, 6) is 0.0231. The van der Waals surface area contributed by atoms with Crippen molar-refractivity contribution in [3.8, 4) is 0 Å². The lowest BCUT2D eigenvalue weighted by atomic mass is 10.0. The first kappa shape index (κ1) is 19.8. The maximum absolute atomic E-state index is 11.9. The lowest BCUT2D eigenvalue weighted by Crippen LogP contribution is -2.42. The van der Waals surface area contributed by atoms with Crippen LogP contribution in [-0.2, 0) is 19.1 Å². The van der Waals surface area contributed by atoms with Crippen LogP contribution >= 0.6 is 0 Å². The fourth-order valence-corrected chi connectivity index (χ4v) is 1.69. The smallest absolute Gasteiger partial charge is 0.217 e. The van der Waals surface area contributed by atoms with Gasteiger partial charge in [0.1, 0.15) is 11.4 Å². The van der Waals surface area contributed by atoms with E-state index in [4.69, 9.17) is 4.74 Å². The van der Waals surface area contributed by atoms with Crippen LogP contribution in [0, 0.1) is 5.92 Å². The van der Waals surface area contributed by atoms with E-state index in [-0.39, 0.29) is 24.2 Å². The zero-order valence-electron chi connectivity index (χ0n) is 14.0. The summed E-state index contributed by atoms with van der Waals surface area (Å²) in [6.07, 6.45) is 3.21. The van der Waals surface area contributed by atoms with Crippen LogP contribution in [0.4, 0.5) is 0 Å². The van der Waals surface area contributed by atoms with E-state index in [1.165, 1.54) is 6.92 Å². The molecule has 0 aromatic heterocycles. The number of unbranched alkanes of at least 4 members (excludes halogenated alkanes) is 2. The largest absolute Gasteiger partial charge is 0.368 e. The van der Waals surface area contributed by atoms with Crippen LogP contribution in [0.15, 0.2) is 0 Å². The summed E-state index contributed by atoms with van der Waals surface area (Å²) < 4.78 is 5.59. The van der Waals surface area contributed by atoms with Gasteiger partial charge in [0.05, 0.1) is 6.54 Å². The third-order valence-electron chi connectivity index (χ3n) is 3.34. The number of Topliss-reactive ketones (excluding diaryl/α,β-unsaturated/α-hetero) is 2. The molecule has 0 saturated heterocycles. The fourth-order valence-electron chi connectivity index (χ4n) is 1.69. The Kier molecular flexibility index (Phi) is 9.09. The zero-order chi connectivity index (χ0) is 16.5. The Labute approximate surface area is 127 Å². The van der Waals surface area contributed by atoms with E-state index in [1.807, 2.05) is 13.8 Å². The van der Waals surface area contributed by atoms with Gasteiger partial charge in [-0.3, -0.25) is 14.4 Å². The Morgan fingerprint density at radius 1 is 1.10 bits per heavy atom. The molecule has 0 radical (unpaired) electrons. The van der Waals surface area contributed by atoms with Crippen molar-refractivity contribution in [3.63, 3.8) is 0 Å². The Morgan fingerprint density at radius 3 is 2.24 bits per heavy atom. The van der Waals surface area contributed by atoms with Crippen molar-refractivity contribution in [1.29, 1.82) is 0 Å². The Hall–Kier alpha value is -1.23. The minimum absolute atomic E-state index is 0.00871. The number of hydrogen-bond donors (Lipinski definition) is 1. The van der Waals surface area contributed by atoms with Crippen LogP contribution in [0.25, 0.3) is 0 Å². The average Bonchev–Trinajstić information content (AvgIpc) is 2.39. The predicted octanol–water partition coefficient (Wildman–Crippen LogP) is 2.27. The first-order valence-corrected chi connectivity index (χ1v) is 7.61. The van der Waals surface area contributed by atoms with Crippen molar-refractivity contribution in [2.24, 2.45) is 5.92 Å². The van der Waals surface area contributed by atoms with Crippen LogP contribution in [0.5, 0.6) is 0 Å². The molecule has 0 spiro atoms. The van der Waals surface area contributed by atoms with E-state index in [9.17, 15) is 14.4 Å². The summed E-state index contributed by atoms with van der Waals surface area (Å²) >= 11 is 0. The van der Waals surface area contributed by atoms with Gasteiger partial charge in [-0.25, -0.2) is 0 Å². The molecule has 5 heteroatoms. The van der Waals surface area contributed by atoms with Gasteiger partial charge in [0.2, 0.25) is 5.91 Å². The second-order valence-electron chi connectivity index (χ2n) is 6.12. The van der Waals surface area contributed by atoms with Crippen LogP contribution in [0.2, 0.25) is 0 Å². The number of ketones is 2. The zero-order valence-corrected chi connectivity index (χ0v) is 14.0. The fraction of sp³-hybridized carbons (Fsp3) is 0.812. The van der Waals surface area contributed by atoms with Crippen LogP contribution in [0.3, 0.4) is 0 Å². The van der Waals surface area contributed by atoms with Gasteiger partial charge < -0.3 is 10.1 Å². The van der Waals surface area contributed by atoms with Gasteiger partial charge in [0, 0.05) is 25.9 Å². The number of carbonyl (C=O) groups is 3. The topological polar surface area (TPSA) is 72.5 Å². The van der Waals surface area contributed by atoms with Crippen molar-refractivity contribution >= 4 is 17.5 Å². The van der Waals surface area contributed by atoms with E-state index in [0.29, 0.717) is 18.8 Å². The normalized spacial score (nSPS) is 11.5. The van der Waals surface area contributed by atoms with E-state index in [2.05, 4.69) is 5.32 Å². The highest BCUT2D eigenvalue weighted by atomic mass is 16.5. The summed E-state index contributed by atoms with van der Waals surface area (Å²) in [5.41, 5.74) is -0.893. The molecule has 0 aliphatic rings. The highest BCUT2D eigenvalue weighted by molar-refractivity contribution is 5.91. The Morgan fingerprint density at radius 2 is 1.71 bits per heavy atom. The molecule has 1 N–H and O–H groups in total. The maximum Gasteiger partial charge on any atom is 0.217 e. The molecule has 0 aliphatic carbocycles. The third-order valence-corrected chi connectivity index (χ3v) is 3.34. The SMILES string of the molecule is CC(=O)NCC(=O)C(C)(C)OCCCCCC(=O)C(C)C. The molecular weight excluding hydrogens is 270 g/mol. The molecule has 0 unspecified atom stereocenters. The van der Waals surface area contributed by atoms with Gasteiger partial charge in [0.25, 0.3) is 0 Å². The quantitative estimate of drug-likeness (QED) is 0.594. The predicted molar refractivity (Wildman–Crippen MR) is 82.0 cm³/mol. The molecule has 5 nitrogen and oxygen atoms in total. The minimum Gasteiger partial charge on any atom is -0.368 e. The van der Waals surface area contributed by atoms with E-state index < -0.39 is 5.60 Å². The van der Waals surface area contributed by atoms with Gasteiger partial charge in [-0.2, -0.15) is 0 Å². The molecule has 122 valence electrons. The van der Waals surface area contributed by atoms with Crippen molar-refractivity contribution in [1.82, 2.24) is 5.32 Å². The summed E-state index contributed by atoms with van der Waals surface area (Å²) in [6, 6.07) is 0. The summed E-state index contributed by atoms with van der Waals surface area (Å²) in [4.78, 5) is 34.1. The molecule has 0 aromatic rings. The molecular formula is C16H29NO4. The molecule has 21 heavy (non-hydrogen) atoms. The second kappa shape index (κ2) is 9.66. The number of amides is 1. The van der Waals surface area contributed by atoms with E-state index >= 15 is 0 Å². The van der Waals surface area contributed by atoms with Crippen molar-refractivity contribution in [2.75, 3.05) is 13.2 Å². The lowest BCUT2D eigenvalue weighted by Gasteiger charge is -2.23. The Balaban J connectivity index is 3.81. The number of nitrogens with one attached hydrogen (secondary N) is 1. The Bertz CT molecular complexity index is 361. The molecule has 0 heterocycles. The monoisotopic (exact) mass is 299 g/mol. The minimum atomic E-state index is -0.893. The average molecular weight is 299 g/mol. The molecule has 0 saturated carbocycles. The number of hydrogen-bond acceptors (Lipinski definition) is 4. The molecule has 1 amide bonds. The number of rotatable bonds is 11. The van der Waals surface area contributed by atoms with Gasteiger partial charge >= 0.3 is 0 Å². The number of carbonyl (C=O) groups excluding carboxylic acids is 3. The molecule has 0 rings (SSSR count). The molecule has 0 aliphatic heterocycles. The lowest BCUT2D eigenvalue weighted by molar-refractivity contribution is -0.140. The highest BCUT2D eigenvalue weighted by Crippen LogP contribution is 2.12. The van der Waals surface area contributed by atoms with Crippen molar-refractivity contribution in [2.45, 2.75) is 65.9 Å². The molecule has 0 atom stereocenters. The standard InChI is InChI=1S/C16H29NO4/c1-12(2)14(19)9-7-6-8-10-21-16(4,5)15(20)11-17-13(3)18/h12H,6-11H2,1-5H3,(H,17,18). The van der Waals surface area contributed by atoms with E-state index in [1.54, 1.807) is 13.8 Å². The van der Waals surface area contributed by atoms with Gasteiger partial charge in [-0.15, -0.1) is 0 Å². The van der Waals surface area contributed by atoms with Gasteiger partial charge in [-0.05, 0) is 26.7 Å².